The normalized spacial score (nSPS) is 34.2. The average Bonchev–Trinajstić information content (AvgIpc) is 3.14. The van der Waals surface area contributed by atoms with Crippen LogP contribution in [-0.2, 0) is 14.8 Å². The van der Waals surface area contributed by atoms with Crippen molar-refractivity contribution < 1.29 is 13.2 Å². The lowest BCUT2D eigenvalue weighted by Gasteiger charge is -2.37. The van der Waals surface area contributed by atoms with E-state index >= 15 is 0 Å². The zero-order valence-electron chi connectivity index (χ0n) is 14.3. The van der Waals surface area contributed by atoms with Crippen molar-refractivity contribution in [1.82, 2.24) is 14.1 Å². The van der Waals surface area contributed by atoms with E-state index in [4.69, 9.17) is 0 Å². The summed E-state index contributed by atoms with van der Waals surface area (Å²) in [6.45, 7) is 2.87. The summed E-state index contributed by atoms with van der Waals surface area (Å²) in [5.41, 5.74) is 0. The maximum Gasteiger partial charge on any atom is 0.227 e. The van der Waals surface area contributed by atoms with E-state index < -0.39 is 10.0 Å². The molecule has 3 aliphatic heterocycles. The Balaban J connectivity index is 1.69. The number of rotatable bonds is 3. The maximum atomic E-state index is 13.0. The summed E-state index contributed by atoms with van der Waals surface area (Å²) in [6, 6.07) is 0.805. The standard InChI is InChI=1S/C16H29N3O3S/c1-17-9-4-7-14(17)15-8-5-11-19(15)16(20)13-6-3-10-18(12-13)23(2,21)22/h13-15H,3-12H2,1-2H3/t13-,14-,15+/m1/s1. The number of carbonyl (C=O) groups is 1. The molecule has 0 aromatic rings. The zero-order valence-corrected chi connectivity index (χ0v) is 15.1. The summed E-state index contributed by atoms with van der Waals surface area (Å²) in [4.78, 5) is 17.5. The van der Waals surface area contributed by atoms with Gasteiger partial charge in [-0.15, -0.1) is 0 Å². The number of hydrogen-bond acceptors (Lipinski definition) is 4. The minimum Gasteiger partial charge on any atom is -0.338 e. The van der Waals surface area contributed by atoms with E-state index in [1.54, 1.807) is 0 Å². The fourth-order valence-corrected chi connectivity index (χ4v) is 5.48. The third-order valence-electron chi connectivity index (χ3n) is 5.81. The van der Waals surface area contributed by atoms with Gasteiger partial charge in [-0.25, -0.2) is 12.7 Å². The average molecular weight is 343 g/mol. The third-order valence-corrected chi connectivity index (χ3v) is 7.08. The van der Waals surface area contributed by atoms with Crippen LogP contribution in [0, 0.1) is 5.92 Å². The summed E-state index contributed by atoms with van der Waals surface area (Å²) < 4.78 is 25.1. The second kappa shape index (κ2) is 6.69. The van der Waals surface area contributed by atoms with Gasteiger partial charge in [0.25, 0.3) is 0 Å². The first-order valence-electron chi connectivity index (χ1n) is 8.84. The lowest BCUT2D eigenvalue weighted by atomic mass is 9.96. The molecule has 1 amide bonds. The molecular weight excluding hydrogens is 314 g/mol. The highest BCUT2D eigenvalue weighted by Gasteiger charge is 2.41. The van der Waals surface area contributed by atoms with Gasteiger partial charge in [-0.3, -0.25) is 4.79 Å². The molecule has 132 valence electrons. The molecule has 0 aromatic carbocycles. The van der Waals surface area contributed by atoms with Crippen molar-refractivity contribution in [1.29, 1.82) is 0 Å². The Bertz CT molecular complexity index is 551. The van der Waals surface area contributed by atoms with E-state index in [1.807, 2.05) is 0 Å². The van der Waals surface area contributed by atoms with Crippen LogP contribution in [0.4, 0.5) is 0 Å². The second-order valence-corrected chi connectivity index (χ2v) is 9.37. The molecule has 0 spiro atoms. The number of likely N-dealkylation sites (N-methyl/N-ethyl adjacent to an activating group) is 1. The van der Waals surface area contributed by atoms with Crippen LogP contribution >= 0.6 is 0 Å². The smallest absolute Gasteiger partial charge is 0.227 e. The van der Waals surface area contributed by atoms with Gasteiger partial charge in [-0.05, 0) is 52.1 Å². The lowest BCUT2D eigenvalue weighted by Crippen LogP contribution is -2.51. The van der Waals surface area contributed by atoms with Gasteiger partial charge < -0.3 is 9.80 Å². The fourth-order valence-electron chi connectivity index (χ4n) is 4.57. The number of nitrogens with zero attached hydrogens (tertiary/aromatic N) is 3. The molecule has 0 N–H and O–H groups in total. The summed E-state index contributed by atoms with van der Waals surface area (Å²) in [6.07, 6.45) is 7.38. The van der Waals surface area contributed by atoms with Crippen molar-refractivity contribution >= 4 is 15.9 Å². The van der Waals surface area contributed by atoms with Crippen LogP contribution in [0.1, 0.15) is 38.5 Å². The number of sulfonamides is 1. The number of piperidine rings is 1. The molecule has 6 nitrogen and oxygen atoms in total. The molecule has 3 fully saturated rings. The summed E-state index contributed by atoms with van der Waals surface area (Å²) in [7, 11) is -1.04. The topological polar surface area (TPSA) is 60.9 Å². The Hall–Kier alpha value is -0.660. The van der Waals surface area contributed by atoms with Crippen LogP contribution < -0.4 is 0 Å². The van der Waals surface area contributed by atoms with E-state index in [2.05, 4.69) is 16.8 Å². The Morgan fingerprint density at radius 1 is 0.957 bits per heavy atom. The first-order valence-corrected chi connectivity index (χ1v) is 10.7. The highest BCUT2D eigenvalue weighted by molar-refractivity contribution is 7.88. The van der Waals surface area contributed by atoms with Crippen LogP contribution in [0.25, 0.3) is 0 Å². The van der Waals surface area contributed by atoms with Crippen molar-refractivity contribution in [3.05, 3.63) is 0 Å². The summed E-state index contributed by atoms with van der Waals surface area (Å²) in [5.74, 6) is 0.0203. The molecule has 0 unspecified atom stereocenters. The van der Waals surface area contributed by atoms with E-state index in [1.165, 1.54) is 23.4 Å². The Morgan fingerprint density at radius 2 is 1.61 bits per heavy atom. The van der Waals surface area contributed by atoms with Crippen molar-refractivity contribution in [2.24, 2.45) is 5.92 Å². The number of carbonyl (C=O) groups excluding carboxylic acids is 1. The van der Waals surface area contributed by atoms with Crippen LogP contribution in [0.2, 0.25) is 0 Å². The lowest BCUT2D eigenvalue weighted by molar-refractivity contribution is -0.138. The Morgan fingerprint density at radius 3 is 2.26 bits per heavy atom. The quantitative estimate of drug-likeness (QED) is 0.758. The molecule has 3 aliphatic rings. The summed E-state index contributed by atoms with van der Waals surface area (Å²) in [5, 5.41) is 0. The van der Waals surface area contributed by atoms with Gasteiger partial charge in [0, 0.05) is 31.7 Å². The molecule has 0 bridgehead atoms. The first-order chi connectivity index (χ1) is 10.9. The van der Waals surface area contributed by atoms with E-state index in [-0.39, 0.29) is 11.8 Å². The van der Waals surface area contributed by atoms with Crippen molar-refractivity contribution in [3.63, 3.8) is 0 Å². The van der Waals surface area contributed by atoms with Gasteiger partial charge in [-0.1, -0.05) is 0 Å². The van der Waals surface area contributed by atoms with Crippen LogP contribution in [-0.4, -0.2) is 80.0 Å². The molecule has 23 heavy (non-hydrogen) atoms. The summed E-state index contributed by atoms with van der Waals surface area (Å²) >= 11 is 0. The van der Waals surface area contributed by atoms with Gasteiger partial charge in [0.15, 0.2) is 0 Å². The molecule has 7 heteroatoms. The Labute approximate surface area is 139 Å². The molecule has 3 rings (SSSR count). The van der Waals surface area contributed by atoms with Gasteiger partial charge >= 0.3 is 0 Å². The number of amides is 1. The SMILES string of the molecule is CN1CCC[C@@H]1[C@@H]1CCCN1C(=O)[C@@H]1CCCN(S(C)(=O)=O)C1. The molecule has 3 saturated heterocycles. The fraction of sp³-hybridized carbons (Fsp3) is 0.938. The van der Waals surface area contributed by atoms with Gasteiger partial charge in [0.05, 0.1) is 12.2 Å². The number of hydrogen-bond donors (Lipinski definition) is 0. The third kappa shape index (κ3) is 3.56. The molecule has 3 heterocycles. The van der Waals surface area contributed by atoms with Crippen LogP contribution in [0.5, 0.6) is 0 Å². The van der Waals surface area contributed by atoms with Crippen LogP contribution in [0.15, 0.2) is 0 Å². The number of likely N-dealkylation sites (tertiary alicyclic amines) is 2. The van der Waals surface area contributed by atoms with Gasteiger partial charge in [0.1, 0.15) is 0 Å². The minimum absolute atomic E-state index is 0.161. The van der Waals surface area contributed by atoms with E-state index in [9.17, 15) is 13.2 Å². The second-order valence-electron chi connectivity index (χ2n) is 7.39. The largest absolute Gasteiger partial charge is 0.338 e. The zero-order chi connectivity index (χ0) is 16.6. The predicted octanol–water partition coefficient (Wildman–Crippen LogP) is 0.743. The molecule has 0 saturated carbocycles. The highest BCUT2D eigenvalue weighted by atomic mass is 32.2. The van der Waals surface area contributed by atoms with E-state index in [0.717, 1.165) is 38.8 Å². The predicted molar refractivity (Wildman–Crippen MR) is 89.5 cm³/mol. The van der Waals surface area contributed by atoms with Gasteiger partial charge in [-0.2, -0.15) is 0 Å². The van der Waals surface area contributed by atoms with Crippen molar-refractivity contribution in [2.75, 3.05) is 39.5 Å². The van der Waals surface area contributed by atoms with Crippen LogP contribution in [0.3, 0.4) is 0 Å². The first kappa shape index (κ1) is 17.2. The minimum atomic E-state index is -3.20. The molecular formula is C16H29N3O3S. The maximum absolute atomic E-state index is 13.0. The van der Waals surface area contributed by atoms with E-state index in [0.29, 0.717) is 25.2 Å². The molecule has 3 atom stereocenters. The van der Waals surface area contributed by atoms with Crippen molar-refractivity contribution in [2.45, 2.75) is 50.6 Å². The Kier molecular flexibility index (Phi) is 4.99. The van der Waals surface area contributed by atoms with Gasteiger partial charge in [0.2, 0.25) is 15.9 Å². The van der Waals surface area contributed by atoms with Crippen molar-refractivity contribution in [3.8, 4) is 0 Å². The highest BCUT2D eigenvalue weighted by Crippen LogP contribution is 2.31. The molecule has 0 radical (unpaired) electrons. The molecule has 0 aliphatic carbocycles. The molecule has 0 aromatic heterocycles. The monoisotopic (exact) mass is 343 g/mol.